The monoisotopic (exact) mass is 581 g/mol. The van der Waals surface area contributed by atoms with Crippen molar-refractivity contribution in [1.82, 2.24) is 13.3 Å². The van der Waals surface area contributed by atoms with Gasteiger partial charge in [0.05, 0.1) is 16.7 Å². The molecule has 208 valence electrons. The number of rotatable bonds is 6. The van der Waals surface area contributed by atoms with Gasteiger partial charge in [0, 0.05) is 17.1 Å². The Morgan fingerprint density at radius 2 is 1.65 bits per heavy atom. The summed E-state index contributed by atoms with van der Waals surface area (Å²) in [6, 6.07) is 20.5. The average molecular weight is 582 g/mol. The molecule has 1 amide bonds. The Morgan fingerprint density at radius 1 is 0.975 bits per heavy atom. The lowest BCUT2D eigenvalue weighted by molar-refractivity contribution is 0.0373. The number of aromatic nitrogens is 2. The first-order valence-corrected chi connectivity index (χ1v) is 15.5. The number of ether oxygens (including phenoxy) is 1. The number of hydrogen-bond acceptors (Lipinski definition) is 8. The summed E-state index contributed by atoms with van der Waals surface area (Å²) in [6.07, 6.45) is 1.43. The highest BCUT2D eigenvalue weighted by Gasteiger charge is 2.30. The molecular weight excluding hydrogens is 554 g/mol. The molecule has 10 nitrogen and oxygen atoms in total. The normalized spacial score (nSPS) is 12.6. The van der Waals surface area contributed by atoms with Gasteiger partial charge in [0.25, 0.3) is 10.0 Å². The molecule has 0 atom stereocenters. The predicted octanol–water partition coefficient (Wildman–Crippen LogP) is 5.38. The minimum atomic E-state index is -3.98. The van der Waals surface area contributed by atoms with Gasteiger partial charge in [0.2, 0.25) is 15.9 Å². The van der Waals surface area contributed by atoms with Crippen LogP contribution in [0.2, 0.25) is 0 Å². The lowest BCUT2D eigenvalue weighted by atomic mass is 10.0. The summed E-state index contributed by atoms with van der Waals surface area (Å²) in [5.74, 6) is -0.00230. The van der Waals surface area contributed by atoms with E-state index in [0.29, 0.717) is 37.4 Å². The Kier molecular flexibility index (Phi) is 6.71. The number of fused-ring (bicyclic) bond motifs is 2. The van der Waals surface area contributed by atoms with E-state index in [1.807, 2.05) is 12.1 Å². The number of carbonyl (C=O) groups excluding carboxylic acids is 1. The van der Waals surface area contributed by atoms with Gasteiger partial charge in [-0.3, -0.25) is 0 Å². The third-order valence-corrected chi connectivity index (χ3v) is 8.76. The van der Waals surface area contributed by atoms with Crippen molar-refractivity contribution >= 4 is 48.1 Å². The quantitative estimate of drug-likeness (QED) is 0.261. The van der Waals surface area contributed by atoms with Crippen molar-refractivity contribution in [2.45, 2.75) is 37.8 Å². The number of oxazole rings is 1. The molecule has 0 saturated heterocycles. The van der Waals surface area contributed by atoms with Crippen molar-refractivity contribution in [2.24, 2.45) is 0 Å². The molecule has 12 heteroatoms. The molecule has 5 rings (SSSR count). The van der Waals surface area contributed by atoms with Crippen LogP contribution in [0.5, 0.6) is 0 Å². The second-order valence-corrected chi connectivity index (χ2v) is 13.9. The average Bonchev–Trinajstić information content (AvgIpc) is 3.47. The number of hydrogen-bond donors (Lipinski definition) is 0. The van der Waals surface area contributed by atoms with E-state index in [1.54, 1.807) is 87.6 Å². The minimum Gasteiger partial charge on any atom is -0.443 e. The van der Waals surface area contributed by atoms with Gasteiger partial charge in [-0.05, 0) is 56.7 Å². The smallest absolute Gasteiger partial charge is 0.424 e. The number of sulfonamides is 1. The molecule has 0 N–H and O–H groups in total. The van der Waals surface area contributed by atoms with Crippen LogP contribution < -0.4 is 0 Å². The summed E-state index contributed by atoms with van der Waals surface area (Å²) in [5, 5.41) is 0.717. The summed E-state index contributed by atoms with van der Waals surface area (Å²) >= 11 is 0. The van der Waals surface area contributed by atoms with E-state index in [2.05, 4.69) is 4.98 Å². The number of para-hydroxylation sites is 1. The number of benzene rings is 3. The fourth-order valence-corrected chi connectivity index (χ4v) is 6.29. The van der Waals surface area contributed by atoms with E-state index in [1.165, 1.54) is 3.97 Å². The molecule has 0 fully saturated rings. The number of nitrogens with zero attached hydrogens (tertiary/aromatic N) is 3. The zero-order chi connectivity index (χ0) is 28.9. The molecule has 5 aromatic rings. The highest BCUT2D eigenvalue weighted by atomic mass is 32.2. The summed E-state index contributed by atoms with van der Waals surface area (Å²) < 4.78 is 64.5. The van der Waals surface area contributed by atoms with Crippen molar-refractivity contribution in [3.63, 3.8) is 0 Å². The second kappa shape index (κ2) is 9.79. The molecule has 2 aromatic heterocycles. The minimum absolute atomic E-state index is 0.00230. The van der Waals surface area contributed by atoms with Gasteiger partial charge in [-0.25, -0.2) is 30.6 Å². The Bertz CT molecular complexity index is 1950. The molecule has 0 radical (unpaired) electrons. The van der Waals surface area contributed by atoms with Crippen molar-refractivity contribution in [2.75, 3.05) is 6.26 Å². The van der Waals surface area contributed by atoms with E-state index in [4.69, 9.17) is 9.15 Å². The molecule has 0 aliphatic rings. The first-order chi connectivity index (χ1) is 18.7. The maximum absolute atomic E-state index is 13.5. The zero-order valence-electron chi connectivity index (χ0n) is 22.2. The van der Waals surface area contributed by atoms with Crippen LogP contribution in [-0.4, -0.2) is 48.0 Å². The van der Waals surface area contributed by atoms with Crippen LogP contribution in [0.4, 0.5) is 4.79 Å². The summed E-state index contributed by atoms with van der Waals surface area (Å²) in [7, 11) is -7.85. The lowest BCUT2D eigenvalue weighted by Gasteiger charge is -2.25. The molecule has 0 aliphatic heterocycles. The van der Waals surface area contributed by atoms with Gasteiger partial charge in [-0.2, -0.15) is 4.31 Å². The van der Waals surface area contributed by atoms with E-state index < -0.39 is 38.3 Å². The van der Waals surface area contributed by atoms with Gasteiger partial charge in [-0.1, -0.05) is 42.5 Å². The van der Waals surface area contributed by atoms with E-state index in [0.717, 1.165) is 6.26 Å². The van der Waals surface area contributed by atoms with Crippen LogP contribution >= 0.6 is 0 Å². The van der Waals surface area contributed by atoms with Gasteiger partial charge in [-0.15, -0.1) is 0 Å². The Morgan fingerprint density at radius 3 is 2.33 bits per heavy atom. The van der Waals surface area contributed by atoms with Crippen molar-refractivity contribution in [1.29, 1.82) is 0 Å². The van der Waals surface area contributed by atoms with Crippen LogP contribution in [-0.2, 0) is 31.3 Å². The molecular formula is C28H27N3O7S2. The molecule has 3 aromatic carbocycles. The van der Waals surface area contributed by atoms with E-state index in [-0.39, 0.29) is 10.8 Å². The SMILES string of the molecule is CC(C)(C)OC(=O)N(Cc1nc2ccc(-c3cn(S(=O)(=O)c4ccccc4)c4ccccc34)cc2o1)S(C)(=O)=O. The fraction of sp³-hybridized carbons (Fsp3) is 0.214. The van der Waals surface area contributed by atoms with Gasteiger partial charge >= 0.3 is 6.09 Å². The number of carbonyl (C=O) groups is 1. The molecule has 40 heavy (non-hydrogen) atoms. The van der Waals surface area contributed by atoms with Crippen LogP contribution in [0, 0.1) is 0 Å². The zero-order valence-corrected chi connectivity index (χ0v) is 23.9. The fourth-order valence-electron chi connectivity index (χ4n) is 4.25. The van der Waals surface area contributed by atoms with Crippen LogP contribution in [0.3, 0.4) is 0 Å². The third kappa shape index (κ3) is 5.32. The maximum Gasteiger partial charge on any atom is 0.424 e. The van der Waals surface area contributed by atoms with Gasteiger partial charge in [0.15, 0.2) is 5.58 Å². The van der Waals surface area contributed by atoms with Crippen molar-refractivity contribution in [3.05, 3.63) is 84.9 Å². The summed E-state index contributed by atoms with van der Waals surface area (Å²) in [5.41, 5.74) is 1.72. The largest absolute Gasteiger partial charge is 0.443 e. The van der Waals surface area contributed by atoms with Crippen molar-refractivity contribution < 1.29 is 30.8 Å². The first kappa shape index (κ1) is 27.4. The standard InChI is InChI=1S/C28H27N3O7S2/c1-28(2,3)38-27(32)31(39(4,33)34)18-26-29-23-15-14-19(16-25(23)37-26)22-17-30(24-13-9-8-12-21(22)24)40(35,36)20-10-6-5-7-11-20/h5-17H,18H2,1-4H3. The first-order valence-electron chi connectivity index (χ1n) is 12.3. The molecule has 0 spiro atoms. The molecule has 0 bridgehead atoms. The van der Waals surface area contributed by atoms with E-state index in [9.17, 15) is 21.6 Å². The van der Waals surface area contributed by atoms with E-state index >= 15 is 0 Å². The maximum atomic E-state index is 13.5. The second-order valence-electron chi connectivity index (χ2n) is 10.2. The highest BCUT2D eigenvalue weighted by molar-refractivity contribution is 7.90. The van der Waals surface area contributed by atoms with Gasteiger partial charge < -0.3 is 9.15 Å². The van der Waals surface area contributed by atoms with Crippen LogP contribution in [0.1, 0.15) is 26.7 Å². The topological polar surface area (TPSA) is 129 Å². The Balaban J connectivity index is 1.55. The predicted molar refractivity (Wildman–Crippen MR) is 151 cm³/mol. The highest BCUT2D eigenvalue weighted by Crippen LogP contribution is 2.34. The summed E-state index contributed by atoms with van der Waals surface area (Å²) in [4.78, 5) is 17.1. The van der Waals surface area contributed by atoms with Crippen LogP contribution in [0.25, 0.3) is 33.1 Å². The Labute approximate surface area is 231 Å². The Hall–Kier alpha value is -4.16. The van der Waals surface area contributed by atoms with Crippen LogP contribution in [0.15, 0.2) is 88.3 Å². The van der Waals surface area contributed by atoms with Crippen molar-refractivity contribution in [3.8, 4) is 11.1 Å². The third-order valence-electron chi connectivity index (χ3n) is 6.00. The molecule has 0 unspecified atom stereocenters. The molecule has 0 saturated carbocycles. The summed E-state index contributed by atoms with van der Waals surface area (Å²) in [6.45, 7) is 4.45. The molecule has 2 heterocycles. The molecule has 0 aliphatic carbocycles. The number of amides is 1. The van der Waals surface area contributed by atoms with Gasteiger partial charge in [0.1, 0.15) is 17.7 Å². The lowest BCUT2D eigenvalue weighted by Crippen LogP contribution is -2.39.